The summed E-state index contributed by atoms with van der Waals surface area (Å²) in [6.45, 7) is 0.342. The number of carboxylic acids is 1. The van der Waals surface area contributed by atoms with Gasteiger partial charge in [-0.3, -0.25) is 0 Å². The van der Waals surface area contributed by atoms with Crippen LogP contribution >= 0.6 is 0 Å². The number of carboxylic acid groups (broad SMARTS) is 1. The minimum atomic E-state index is -0.804. The highest BCUT2D eigenvalue weighted by Gasteiger charge is 2.67. The normalized spacial score (nSPS) is 38.9. The van der Waals surface area contributed by atoms with Crippen molar-refractivity contribution in [2.24, 2.45) is 47.3 Å². The summed E-state index contributed by atoms with van der Waals surface area (Å²) in [5.74, 6) is 6.87. The molecule has 0 spiro atoms. The van der Waals surface area contributed by atoms with E-state index in [9.17, 15) is 4.79 Å². The van der Waals surface area contributed by atoms with Crippen LogP contribution < -0.4 is 9.47 Å². The van der Waals surface area contributed by atoms with Gasteiger partial charge in [0.1, 0.15) is 0 Å². The SMILES string of the molecule is O=C(O)/C=C/[C@H]1[C@H]2C=C[C@H]3[C@H]1C[C@H]1[C@H](CCCCCc4ccc5c(c4)OCO5)[C@@H]2[C@@H]31. The van der Waals surface area contributed by atoms with Crippen molar-refractivity contribution < 1.29 is 19.4 Å². The van der Waals surface area contributed by atoms with Gasteiger partial charge in [0.25, 0.3) is 0 Å². The van der Waals surface area contributed by atoms with E-state index >= 15 is 0 Å². The lowest BCUT2D eigenvalue weighted by Crippen LogP contribution is -2.55. The van der Waals surface area contributed by atoms with Crippen molar-refractivity contribution >= 4 is 5.97 Å². The molecule has 6 aliphatic rings. The number of aryl methyl sites for hydroxylation is 1. The van der Waals surface area contributed by atoms with Crippen molar-refractivity contribution in [2.45, 2.75) is 38.5 Å². The Balaban J connectivity index is 1.03. The van der Waals surface area contributed by atoms with Crippen molar-refractivity contribution in [1.82, 2.24) is 0 Å². The maximum Gasteiger partial charge on any atom is 0.327 e. The summed E-state index contributed by atoms with van der Waals surface area (Å²) >= 11 is 0. The number of allylic oxidation sites excluding steroid dienone is 3. The van der Waals surface area contributed by atoms with Crippen LogP contribution in [0.5, 0.6) is 11.5 Å². The summed E-state index contributed by atoms with van der Waals surface area (Å²) in [5, 5.41) is 9.09. The number of ether oxygens (including phenoxy) is 2. The molecular formula is C26H30O4. The molecule has 0 unspecified atom stereocenters. The average Bonchev–Trinajstić information content (AvgIpc) is 3.28. The van der Waals surface area contributed by atoms with Gasteiger partial charge in [-0.15, -0.1) is 0 Å². The number of benzene rings is 1. The maximum absolute atomic E-state index is 11.1. The molecule has 8 atom stereocenters. The molecule has 7 rings (SSSR count). The summed E-state index contributed by atoms with van der Waals surface area (Å²) in [7, 11) is 0. The predicted octanol–water partition coefficient (Wildman–Crippen LogP) is 5.09. The molecule has 0 amide bonds. The molecule has 4 bridgehead atoms. The fourth-order valence-corrected chi connectivity index (χ4v) is 7.76. The monoisotopic (exact) mass is 406 g/mol. The Morgan fingerprint density at radius 1 is 1.03 bits per heavy atom. The Morgan fingerprint density at radius 2 is 1.90 bits per heavy atom. The van der Waals surface area contributed by atoms with Gasteiger partial charge >= 0.3 is 5.97 Å². The lowest BCUT2D eigenvalue weighted by atomic mass is 9.45. The zero-order valence-corrected chi connectivity index (χ0v) is 17.3. The highest BCUT2D eigenvalue weighted by molar-refractivity contribution is 5.79. The van der Waals surface area contributed by atoms with Crippen LogP contribution in [0.15, 0.2) is 42.5 Å². The number of carbonyl (C=O) groups is 1. The van der Waals surface area contributed by atoms with Gasteiger partial charge in [0, 0.05) is 6.08 Å². The molecule has 1 heterocycles. The minimum Gasteiger partial charge on any atom is -0.478 e. The van der Waals surface area contributed by atoms with Gasteiger partial charge in [0.2, 0.25) is 6.79 Å². The summed E-state index contributed by atoms with van der Waals surface area (Å²) in [4.78, 5) is 11.1. The van der Waals surface area contributed by atoms with E-state index in [2.05, 4.69) is 24.3 Å². The van der Waals surface area contributed by atoms with Crippen LogP contribution in [-0.2, 0) is 11.2 Å². The second-order valence-corrected chi connectivity index (χ2v) is 9.98. The van der Waals surface area contributed by atoms with Crippen LogP contribution in [0.2, 0.25) is 0 Å². The van der Waals surface area contributed by atoms with E-state index in [1.54, 1.807) is 0 Å². The van der Waals surface area contributed by atoms with Gasteiger partial charge < -0.3 is 14.6 Å². The van der Waals surface area contributed by atoms with Crippen LogP contribution in [0, 0.1) is 47.3 Å². The molecule has 1 aromatic carbocycles. The summed E-state index contributed by atoms with van der Waals surface area (Å²) < 4.78 is 10.9. The first-order valence-electron chi connectivity index (χ1n) is 11.7. The van der Waals surface area contributed by atoms with E-state index in [4.69, 9.17) is 14.6 Å². The van der Waals surface area contributed by atoms with Gasteiger partial charge in [0.05, 0.1) is 0 Å². The van der Waals surface area contributed by atoms with E-state index in [-0.39, 0.29) is 0 Å². The molecule has 30 heavy (non-hydrogen) atoms. The van der Waals surface area contributed by atoms with Crippen LogP contribution in [0.25, 0.3) is 0 Å². The van der Waals surface area contributed by atoms with Crippen LogP contribution in [0.3, 0.4) is 0 Å². The number of fused-ring (bicyclic) bond motifs is 1. The Bertz CT molecular complexity index is 902. The highest BCUT2D eigenvalue weighted by atomic mass is 16.7. The predicted molar refractivity (Wildman–Crippen MR) is 113 cm³/mol. The van der Waals surface area contributed by atoms with Crippen molar-refractivity contribution in [1.29, 1.82) is 0 Å². The van der Waals surface area contributed by atoms with Crippen molar-refractivity contribution in [3.05, 3.63) is 48.1 Å². The minimum absolute atomic E-state index is 0.342. The van der Waals surface area contributed by atoms with Gasteiger partial charge in [-0.1, -0.05) is 37.1 Å². The fraction of sp³-hybridized carbons (Fsp3) is 0.577. The third-order valence-corrected chi connectivity index (χ3v) is 8.81. The smallest absolute Gasteiger partial charge is 0.327 e. The van der Waals surface area contributed by atoms with E-state index in [0.29, 0.717) is 24.5 Å². The van der Waals surface area contributed by atoms with Gasteiger partial charge in [-0.05, 0) is 90.7 Å². The first kappa shape index (κ1) is 18.5. The van der Waals surface area contributed by atoms with Crippen LogP contribution in [0.1, 0.15) is 37.7 Å². The molecule has 158 valence electrons. The number of unbranched alkanes of at least 4 members (excludes halogenated alkanes) is 2. The largest absolute Gasteiger partial charge is 0.478 e. The molecule has 0 saturated heterocycles. The lowest BCUT2D eigenvalue weighted by Gasteiger charge is -2.59. The number of aliphatic carboxylic acids is 1. The summed E-state index contributed by atoms with van der Waals surface area (Å²) in [6.07, 6.45) is 15.9. The highest BCUT2D eigenvalue weighted by Crippen LogP contribution is 2.72. The zero-order chi connectivity index (χ0) is 20.2. The van der Waals surface area contributed by atoms with Gasteiger partial charge in [-0.25, -0.2) is 4.79 Å². The Hall–Kier alpha value is -2.23. The number of hydrogen-bond acceptors (Lipinski definition) is 3. The van der Waals surface area contributed by atoms with E-state index in [1.165, 1.54) is 43.7 Å². The molecule has 3 saturated carbocycles. The Kier molecular flexibility index (Phi) is 4.43. The molecule has 3 fully saturated rings. The molecule has 5 aliphatic carbocycles. The zero-order valence-electron chi connectivity index (χ0n) is 17.3. The lowest BCUT2D eigenvalue weighted by molar-refractivity contribution is -0.131. The van der Waals surface area contributed by atoms with Crippen molar-refractivity contribution in [2.75, 3.05) is 6.79 Å². The first-order valence-corrected chi connectivity index (χ1v) is 11.7. The molecule has 1 aromatic rings. The molecule has 1 N–H and O–H groups in total. The van der Waals surface area contributed by atoms with E-state index in [0.717, 1.165) is 47.5 Å². The van der Waals surface area contributed by atoms with Crippen LogP contribution in [0.4, 0.5) is 0 Å². The van der Waals surface area contributed by atoms with Crippen molar-refractivity contribution in [3.63, 3.8) is 0 Å². The summed E-state index contributed by atoms with van der Waals surface area (Å²) in [5.41, 5.74) is 1.34. The van der Waals surface area contributed by atoms with Gasteiger partial charge in [-0.2, -0.15) is 0 Å². The number of hydrogen-bond donors (Lipinski definition) is 1. The maximum atomic E-state index is 11.1. The van der Waals surface area contributed by atoms with Crippen molar-refractivity contribution in [3.8, 4) is 11.5 Å². The molecule has 0 aromatic heterocycles. The second kappa shape index (κ2) is 7.18. The van der Waals surface area contributed by atoms with E-state index < -0.39 is 5.97 Å². The summed E-state index contributed by atoms with van der Waals surface area (Å²) in [6, 6.07) is 6.32. The topological polar surface area (TPSA) is 55.8 Å². The Morgan fingerprint density at radius 3 is 2.80 bits per heavy atom. The molecule has 4 nitrogen and oxygen atoms in total. The van der Waals surface area contributed by atoms with Gasteiger partial charge in [0.15, 0.2) is 11.5 Å². The molecular weight excluding hydrogens is 376 g/mol. The Labute approximate surface area is 178 Å². The average molecular weight is 407 g/mol. The second-order valence-electron chi connectivity index (χ2n) is 9.98. The molecule has 1 aliphatic heterocycles. The number of rotatable bonds is 8. The first-order chi connectivity index (χ1) is 14.7. The fourth-order valence-electron chi connectivity index (χ4n) is 7.76. The van der Waals surface area contributed by atoms with E-state index in [1.807, 2.05) is 12.1 Å². The third kappa shape index (κ3) is 2.83. The third-order valence-electron chi connectivity index (χ3n) is 8.81. The molecule has 4 heteroatoms. The molecule has 0 radical (unpaired) electrons. The standard InChI is InChI=1S/C26H30O4/c27-24(28)11-9-16-18-7-8-19-20(16)13-21-17(25(18)26(19)21)5-3-1-2-4-15-6-10-22-23(12-15)30-14-29-22/h6-12,16-21,25-26H,1-5,13-14H2,(H,27,28)/b11-9+/t16-,17-,18+,19-,20-,21-,25-,26-/m0/s1. The quantitative estimate of drug-likeness (QED) is 0.371. The van der Waals surface area contributed by atoms with Crippen LogP contribution in [-0.4, -0.2) is 17.9 Å².